The van der Waals surface area contributed by atoms with Crippen LogP contribution in [-0.4, -0.2) is 76.9 Å². The monoisotopic (exact) mass is 538 g/mol. The minimum atomic E-state index is -0.490. The Labute approximate surface area is 227 Å². The minimum Gasteiger partial charge on any atom is -0.370 e. The fourth-order valence-corrected chi connectivity index (χ4v) is 6.63. The van der Waals surface area contributed by atoms with E-state index in [4.69, 9.17) is 22.9 Å². The van der Waals surface area contributed by atoms with Crippen LogP contribution in [-0.2, 0) is 16.0 Å². The van der Waals surface area contributed by atoms with E-state index in [0.29, 0.717) is 44.8 Å². The molecule has 2 aliphatic heterocycles. The summed E-state index contributed by atoms with van der Waals surface area (Å²) in [6, 6.07) is 14.2. The summed E-state index contributed by atoms with van der Waals surface area (Å²) in [5, 5.41) is 2.34. The second-order valence-electron chi connectivity index (χ2n) is 9.86. The molecule has 0 saturated carbocycles. The molecule has 2 amide bonds. The molecule has 0 aromatic heterocycles. The van der Waals surface area contributed by atoms with Gasteiger partial charge in [-0.05, 0) is 48.4 Å². The molecule has 2 heterocycles. The molecule has 0 spiro atoms. The summed E-state index contributed by atoms with van der Waals surface area (Å²) in [4.78, 5) is 39.2. The van der Waals surface area contributed by atoms with Gasteiger partial charge in [0.05, 0.1) is 11.9 Å². The number of aliphatic imine (C=N–C) groups is 2. The molecule has 10 nitrogen and oxygen atoms in total. The summed E-state index contributed by atoms with van der Waals surface area (Å²) >= 11 is 1.74. The number of thioether (sulfide) groups is 1. The van der Waals surface area contributed by atoms with Crippen LogP contribution in [0.15, 0.2) is 52.4 Å². The number of nitrogens with zero attached hydrogens (tertiary/aromatic N) is 4. The van der Waals surface area contributed by atoms with Crippen molar-refractivity contribution in [3.05, 3.63) is 48.0 Å². The molecular weight excluding hydrogens is 500 g/mol. The van der Waals surface area contributed by atoms with Crippen LogP contribution >= 0.6 is 11.8 Å². The molecule has 0 bridgehead atoms. The molecule has 2 saturated heterocycles. The second-order valence-corrected chi connectivity index (χ2v) is 11.1. The maximum absolute atomic E-state index is 13.7. The molecule has 3 atom stereocenters. The summed E-state index contributed by atoms with van der Waals surface area (Å²) in [7, 11) is 0. The summed E-state index contributed by atoms with van der Waals surface area (Å²) in [6.07, 6.45) is 3.39. The standard InChI is InChI=1S/C27H38N8O2S/c28-26(29)32-12-4-3-7-22-25(37)34(14-11-18-8-9-19-5-1-2-6-20(19)15-18)16-23-35(22)24(36)21(17-38-23)10-13-33-27(30)31/h1-2,5-6,8-9,15,21-23H,3-4,7,10-14,16-17H2,(H4,28,29,32)(H4,30,31,33)/t21-,22-,23-/m0/s1. The zero-order valence-corrected chi connectivity index (χ0v) is 22.5. The summed E-state index contributed by atoms with van der Waals surface area (Å²) in [5.74, 6) is 0.612. The van der Waals surface area contributed by atoms with Crippen molar-refractivity contribution >= 4 is 46.3 Å². The van der Waals surface area contributed by atoms with E-state index in [9.17, 15) is 9.59 Å². The van der Waals surface area contributed by atoms with E-state index in [1.807, 2.05) is 21.9 Å². The van der Waals surface area contributed by atoms with Gasteiger partial charge in [0.15, 0.2) is 11.9 Å². The van der Waals surface area contributed by atoms with Gasteiger partial charge in [0.2, 0.25) is 11.8 Å². The molecule has 204 valence electrons. The van der Waals surface area contributed by atoms with Crippen LogP contribution in [0.5, 0.6) is 0 Å². The highest BCUT2D eigenvalue weighted by atomic mass is 32.2. The van der Waals surface area contributed by atoms with Crippen molar-refractivity contribution in [2.45, 2.75) is 43.5 Å². The van der Waals surface area contributed by atoms with E-state index in [-0.39, 0.29) is 35.0 Å². The van der Waals surface area contributed by atoms with E-state index in [1.165, 1.54) is 16.3 Å². The maximum Gasteiger partial charge on any atom is 0.245 e. The van der Waals surface area contributed by atoms with Crippen molar-refractivity contribution in [3.8, 4) is 0 Å². The number of fused-ring (bicyclic) bond motifs is 2. The van der Waals surface area contributed by atoms with Crippen LogP contribution in [0.2, 0.25) is 0 Å². The van der Waals surface area contributed by atoms with Crippen molar-refractivity contribution in [1.29, 1.82) is 0 Å². The first-order valence-corrected chi connectivity index (χ1v) is 14.2. The van der Waals surface area contributed by atoms with Crippen molar-refractivity contribution < 1.29 is 9.59 Å². The van der Waals surface area contributed by atoms with Crippen LogP contribution in [0.25, 0.3) is 10.8 Å². The molecule has 2 fully saturated rings. The molecule has 2 aromatic rings. The Morgan fingerprint density at radius 2 is 1.63 bits per heavy atom. The quantitative estimate of drug-likeness (QED) is 0.189. The van der Waals surface area contributed by atoms with Gasteiger partial charge >= 0.3 is 0 Å². The second kappa shape index (κ2) is 12.9. The zero-order valence-electron chi connectivity index (χ0n) is 21.7. The lowest BCUT2D eigenvalue weighted by atomic mass is 9.98. The Kier molecular flexibility index (Phi) is 9.33. The van der Waals surface area contributed by atoms with E-state index in [1.54, 1.807) is 11.8 Å². The normalized spacial score (nSPS) is 21.3. The van der Waals surface area contributed by atoms with Crippen LogP contribution in [0.1, 0.15) is 31.2 Å². The number of hydrogen-bond acceptors (Lipinski definition) is 5. The lowest BCUT2D eigenvalue weighted by Gasteiger charge is -2.49. The fraction of sp³-hybridized carbons (Fsp3) is 0.481. The van der Waals surface area contributed by atoms with Gasteiger partial charge in [0.1, 0.15) is 6.04 Å². The topological polar surface area (TPSA) is 169 Å². The number of guanidine groups is 2. The average Bonchev–Trinajstić information content (AvgIpc) is 2.89. The third-order valence-electron chi connectivity index (χ3n) is 7.15. The Morgan fingerprint density at radius 3 is 2.39 bits per heavy atom. The number of amides is 2. The molecule has 0 unspecified atom stereocenters. The summed E-state index contributed by atoms with van der Waals surface area (Å²) < 4.78 is 0. The third kappa shape index (κ3) is 6.89. The Balaban J connectivity index is 1.45. The molecule has 4 rings (SSSR count). The maximum atomic E-state index is 13.7. The molecule has 8 N–H and O–H groups in total. The highest BCUT2D eigenvalue weighted by Gasteiger charge is 2.47. The third-order valence-corrected chi connectivity index (χ3v) is 8.50. The van der Waals surface area contributed by atoms with E-state index in [0.717, 1.165) is 19.3 Å². The predicted molar refractivity (Wildman–Crippen MR) is 154 cm³/mol. The first-order valence-electron chi connectivity index (χ1n) is 13.1. The first-order chi connectivity index (χ1) is 18.3. The van der Waals surface area contributed by atoms with Gasteiger partial charge in [-0.25, -0.2) is 0 Å². The van der Waals surface area contributed by atoms with E-state index >= 15 is 0 Å². The SMILES string of the molecule is NC(N)=NCCCC[C@H]1C(=O)N(CCc2ccc3ccccc3c2)C[C@@H]2SC[C@H](CCN=C(N)N)C(=O)N21. The number of unbranched alkanes of at least 4 members (excludes halogenated alkanes) is 1. The van der Waals surface area contributed by atoms with E-state index < -0.39 is 6.04 Å². The van der Waals surface area contributed by atoms with Crippen molar-refractivity contribution in [3.63, 3.8) is 0 Å². The smallest absolute Gasteiger partial charge is 0.245 e. The fourth-order valence-electron chi connectivity index (χ4n) is 5.17. The molecule has 0 aliphatic carbocycles. The highest BCUT2D eigenvalue weighted by molar-refractivity contribution is 8.00. The largest absolute Gasteiger partial charge is 0.370 e. The van der Waals surface area contributed by atoms with Gasteiger partial charge in [-0.15, -0.1) is 11.8 Å². The number of hydrogen-bond donors (Lipinski definition) is 4. The molecule has 2 aliphatic rings. The molecule has 2 aromatic carbocycles. The van der Waals surface area contributed by atoms with Gasteiger partial charge in [-0.3, -0.25) is 19.6 Å². The van der Waals surface area contributed by atoms with E-state index in [2.05, 4.69) is 40.3 Å². The Bertz CT molecular complexity index is 1190. The zero-order chi connectivity index (χ0) is 27.1. The number of piperazine rings is 1. The minimum absolute atomic E-state index is 0.0164. The van der Waals surface area contributed by atoms with Crippen LogP contribution < -0.4 is 22.9 Å². The van der Waals surface area contributed by atoms with Crippen LogP contribution in [0.3, 0.4) is 0 Å². The number of rotatable bonds is 11. The highest BCUT2D eigenvalue weighted by Crippen LogP contribution is 2.36. The lowest BCUT2D eigenvalue weighted by molar-refractivity contribution is -0.155. The number of carbonyl (C=O) groups excluding carboxylic acids is 2. The van der Waals surface area contributed by atoms with Gasteiger partial charge in [-0.1, -0.05) is 42.5 Å². The molecular formula is C27H38N8O2S. The summed E-state index contributed by atoms with van der Waals surface area (Å²) in [5.41, 5.74) is 23.0. The van der Waals surface area contributed by atoms with Gasteiger partial charge in [-0.2, -0.15) is 0 Å². The van der Waals surface area contributed by atoms with Crippen molar-refractivity contribution in [2.24, 2.45) is 38.8 Å². The van der Waals surface area contributed by atoms with Crippen LogP contribution in [0, 0.1) is 5.92 Å². The van der Waals surface area contributed by atoms with Gasteiger partial charge in [0, 0.05) is 31.3 Å². The number of carbonyl (C=O) groups is 2. The predicted octanol–water partition coefficient (Wildman–Crippen LogP) is 1.22. The number of benzene rings is 2. The lowest BCUT2D eigenvalue weighted by Crippen LogP contribution is -2.65. The van der Waals surface area contributed by atoms with Gasteiger partial charge < -0.3 is 32.7 Å². The Morgan fingerprint density at radius 1 is 0.895 bits per heavy atom. The van der Waals surface area contributed by atoms with Crippen LogP contribution in [0.4, 0.5) is 0 Å². The van der Waals surface area contributed by atoms with Crippen molar-refractivity contribution in [1.82, 2.24) is 9.80 Å². The Hall–Kier alpha value is -3.47. The first kappa shape index (κ1) is 27.6. The molecule has 0 radical (unpaired) electrons. The molecule has 38 heavy (non-hydrogen) atoms. The van der Waals surface area contributed by atoms with Gasteiger partial charge in [0.25, 0.3) is 0 Å². The summed E-state index contributed by atoms with van der Waals surface area (Å²) in [6.45, 7) is 2.05. The molecule has 11 heteroatoms. The average molecular weight is 539 g/mol. The van der Waals surface area contributed by atoms with Crippen molar-refractivity contribution in [2.75, 3.05) is 31.9 Å². The number of nitrogens with two attached hydrogens (primary N) is 4.